The molecule has 1 fully saturated rings. The fourth-order valence-electron chi connectivity index (χ4n) is 4.01. The van der Waals surface area contributed by atoms with Crippen molar-refractivity contribution in [2.75, 3.05) is 20.2 Å². The smallest absolute Gasteiger partial charge is 0.243 e. The third-order valence-corrected chi connectivity index (χ3v) is 7.84. The van der Waals surface area contributed by atoms with Crippen molar-refractivity contribution in [2.45, 2.75) is 51.0 Å². The molecule has 2 aromatic carbocycles. The lowest BCUT2D eigenvalue weighted by Gasteiger charge is -2.31. The molecule has 31 heavy (non-hydrogen) atoms. The van der Waals surface area contributed by atoms with Crippen LogP contribution in [0, 0.1) is 5.92 Å². The molecule has 0 aromatic heterocycles. The normalized spacial score (nSPS) is 17.3. The molecule has 2 aromatic rings. The summed E-state index contributed by atoms with van der Waals surface area (Å²) in [5, 5.41) is 3.04. The Morgan fingerprint density at radius 3 is 2.48 bits per heavy atom. The maximum Gasteiger partial charge on any atom is 0.243 e. The quantitative estimate of drug-likeness (QED) is 0.676. The number of carbonyl (C=O) groups is 1. The molecule has 1 atom stereocenters. The third-order valence-electron chi connectivity index (χ3n) is 5.97. The average Bonchev–Trinajstić information content (AvgIpc) is 2.82. The summed E-state index contributed by atoms with van der Waals surface area (Å²) < 4.78 is 32.6. The zero-order valence-corrected chi connectivity index (χ0v) is 19.4. The molecule has 1 amide bonds. The summed E-state index contributed by atoms with van der Waals surface area (Å²) in [6.07, 6.45) is 3.22. The van der Waals surface area contributed by atoms with Crippen LogP contribution in [-0.4, -0.2) is 38.8 Å². The second-order valence-corrected chi connectivity index (χ2v) is 9.84. The van der Waals surface area contributed by atoms with Crippen LogP contribution in [0.3, 0.4) is 0 Å². The largest absolute Gasteiger partial charge is 0.497 e. The van der Waals surface area contributed by atoms with Crippen molar-refractivity contribution < 1.29 is 17.9 Å². The Balaban J connectivity index is 1.66. The van der Waals surface area contributed by atoms with Crippen LogP contribution in [-0.2, 0) is 34.2 Å². The number of methoxy groups -OCH3 is 1. The van der Waals surface area contributed by atoms with Gasteiger partial charge in [0.1, 0.15) is 5.75 Å². The molecule has 1 heterocycles. The number of carbonyl (C=O) groups excluding carboxylic acids is 1. The maximum atomic E-state index is 13.0. The van der Waals surface area contributed by atoms with Crippen molar-refractivity contribution in [3.8, 4) is 5.75 Å². The molecule has 0 bridgehead atoms. The van der Waals surface area contributed by atoms with Crippen LogP contribution < -0.4 is 10.1 Å². The molecule has 7 heteroatoms. The number of sulfonamides is 1. The molecule has 0 spiro atoms. The fraction of sp³-hybridized carbons (Fsp3) is 0.458. The van der Waals surface area contributed by atoms with Crippen LogP contribution in [0.1, 0.15) is 43.4 Å². The van der Waals surface area contributed by atoms with Crippen molar-refractivity contribution in [1.82, 2.24) is 9.62 Å². The molecule has 0 radical (unpaired) electrons. The number of amides is 1. The Hall–Kier alpha value is -2.38. The van der Waals surface area contributed by atoms with E-state index in [2.05, 4.69) is 37.4 Å². The molecule has 1 aliphatic rings. The first-order valence-corrected chi connectivity index (χ1v) is 12.4. The van der Waals surface area contributed by atoms with Crippen LogP contribution in [0.2, 0.25) is 0 Å². The van der Waals surface area contributed by atoms with Crippen molar-refractivity contribution in [2.24, 2.45) is 5.92 Å². The Bertz CT molecular complexity index is 1000. The number of ether oxygens (including phenoxy) is 1. The van der Waals surface area contributed by atoms with Gasteiger partial charge in [0.25, 0.3) is 0 Å². The Morgan fingerprint density at radius 2 is 1.84 bits per heavy atom. The second-order valence-electron chi connectivity index (χ2n) is 7.91. The fourth-order valence-corrected chi connectivity index (χ4v) is 5.53. The van der Waals surface area contributed by atoms with Gasteiger partial charge in [0.2, 0.25) is 15.9 Å². The summed E-state index contributed by atoms with van der Waals surface area (Å²) in [4.78, 5) is 13.1. The lowest BCUT2D eigenvalue weighted by atomic mass is 9.97. The van der Waals surface area contributed by atoms with Crippen LogP contribution in [0.15, 0.2) is 47.4 Å². The Kier molecular flexibility index (Phi) is 7.73. The minimum atomic E-state index is -3.64. The van der Waals surface area contributed by atoms with Gasteiger partial charge >= 0.3 is 0 Å². The lowest BCUT2D eigenvalue weighted by molar-refractivity contribution is -0.126. The molecule has 0 aliphatic carbocycles. The number of benzene rings is 2. The minimum Gasteiger partial charge on any atom is -0.497 e. The Labute approximate surface area is 185 Å². The van der Waals surface area contributed by atoms with Gasteiger partial charge in [-0.15, -0.1) is 0 Å². The minimum absolute atomic E-state index is 0.0846. The van der Waals surface area contributed by atoms with Crippen molar-refractivity contribution in [3.05, 3.63) is 59.2 Å². The molecule has 0 saturated carbocycles. The highest BCUT2D eigenvalue weighted by Gasteiger charge is 2.33. The van der Waals surface area contributed by atoms with E-state index >= 15 is 0 Å². The summed E-state index contributed by atoms with van der Waals surface area (Å²) in [5.41, 5.74) is 3.61. The van der Waals surface area contributed by atoms with Gasteiger partial charge in [-0.25, -0.2) is 8.42 Å². The lowest BCUT2D eigenvalue weighted by Crippen LogP contribution is -2.45. The monoisotopic (exact) mass is 444 g/mol. The van der Waals surface area contributed by atoms with Gasteiger partial charge < -0.3 is 10.1 Å². The topological polar surface area (TPSA) is 75.7 Å². The van der Waals surface area contributed by atoms with E-state index < -0.39 is 10.0 Å². The van der Waals surface area contributed by atoms with E-state index in [0.717, 1.165) is 18.4 Å². The molecular formula is C24H32N2O4S. The predicted octanol–water partition coefficient (Wildman–Crippen LogP) is 3.54. The highest BCUT2D eigenvalue weighted by molar-refractivity contribution is 7.89. The first-order chi connectivity index (χ1) is 14.9. The summed E-state index contributed by atoms with van der Waals surface area (Å²) >= 11 is 0. The van der Waals surface area contributed by atoms with Crippen LogP contribution in [0.4, 0.5) is 0 Å². The first-order valence-electron chi connectivity index (χ1n) is 10.9. The molecule has 3 rings (SSSR count). The van der Waals surface area contributed by atoms with Gasteiger partial charge in [0, 0.05) is 19.6 Å². The summed E-state index contributed by atoms with van der Waals surface area (Å²) in [5.74, 6) is 0.174. The van der Waals surface area contributed by atoms with Gasteiger partial charge in [-0.05, 0) is 66.6 Å². The Morgan fingerprint density at radius 1 is 1.10 bits per heavy atom. The van der Waals surface area contributed by atoms with Gasteiger partial charge in [0.05, 0.1) is 17.9 Å². The number of nitrogens with one attached hydrogen (secondary N) is 1. The van der Waals surface area contributed by atoms with Crippen LogP contribution in [0.25, 0.3) is 0 Å². The zero-order chi connectivity index (χ0) is 22.4. The SMILES string of the molecule is CCc1ccc(CC)c(CNC(=O)[C@H]2CCCN(S(=O)(=O)c3ccc(OC)cc3)C2)c1. The third kappa shape index (κ3) is 5.46. The van der Waals surface area contributed by atoms with Crippen molar-refractivity contribution >= 4 is 15.9 Å². The van der Waals surface area contributed by atoms with Gasteiger partial charge in [0.15, 0.2) is 0 Å². The number of hydrogen-bond acceptors (Lipinski definition) is 4. The van der Waals surface area contributed by atoms with E-state index in [4.69, 9.17) is 4.74 Å². The molecule has 1 N–H and O–H groups in total. The van der Waals surface area contributed by atoms with Gasteiger partial charge in [-0.1, -0.05) is 32.0 Å². The van der Waals surface area contributed by atoms with E-state index in [1.165, 1.54) is 15.4 Å². The highest BCUT2D eigenvalue weighted by atomic mass is 32.2. The zero-order valence-electron chi connectivity index (χ0n) is 18.6. The van der Waals surface area contributed by atoms with Crippen molar-refractivity contribution in [3.63, 3.8) is 0 Å². The van der Waals surface area contributed by atoms with E-state index in [-0.39, 0.29) is 23.3 Å². The summed E-state index contributed by atoms with van der Waals surface area (Å²) in [7, 11) is -2.10. The first kappa shape index (κ1) is 23.3. The summed E-state index contributed by atoms with van der Waals surface area (Å²) in [6, 6.07) is 12.8. The summed E-state index contributed by atoms with van der Waals surface area (Å²) in [6.45, 7) is 5.32. The number of aryl methyl sites for hydroxylation is 2. The van der Waals surface area contributed by atoms with E-state index in [1.807, 2.05) is 0 Å². The molecule has 6 nitrogen and oxygen atoms in total. The number of nitrogens with zero attached hydrogens (tertiary/aromatic N) is 1. The molecule has 1 saturated heterocycles. The van der Waals surface area contributed by atoms with Gasteiger partial charge in [-0.2, -0.15) is 4.31 Å². The van der Waals surface area contributed by atoms with Crippen LogP contribution in [0.5, 0.6) is 5.75 Å². The van der Waals surface area contributed by atoms with Gasteiger partial charge in [-0.3, -0.25) is 4.79 Å². The van der Waals surface area contributed by atoms with E-state index in [0.29, 0.717) is 31.7 Å². The number of hydrogen-bond donors (Lipinski definition) is 1. The standard InChI is InChI=1S/C24H32N2O4S/c1-4-18-8-9-19(5-2)21(15-18)16-25-24(27)20-7-6-14-26(17-20)31(28,29)23-12-10-22(30-3)11-13-23/h8-13,15,20H,4-7,14,16-17H2,1-3H3,(H,25,27)/t20-/m0/s1. The molecule has 1 aliphatic heterocycles. The van der Waals surface area contributed by atoms with E-state index in [9.17, 15) is 13.2 Å². The second kappa shape index (κ2) is 10.3. The average molecular weight is 445 g/mol. The van der Waals surface area contributed by atoms with Crippen molar-refractivity contribution in [1.29, 1.82) is 0 Å². The molecule has 0 unspecified atom stereocenters. The number of piperidine rings is 1. The molecule has 168 valence electrons. The maximum absolute atomic E-state index is 13.0. The molecular weight excluding hydrogens is 412 g/mol. The van der Waals surface area contributed by atoms with Crippen LogP contribution >= 0.6 is 0 Å². The van der Waals surface area contributed by atoms with E-state index in [1.54, 1.807) is 31.4 Å². The number of rotatable bonds is 8. The highest BCUT2D eigenvalue weighted by Crippen LogP contribution is 2.25. The predicted molar refractivity (Wildman–Crippen MR) is 122 cm³/mol.